The van der Waals surface area contributed by atoms with Crippen molar-refractivity contribution in [3.05, 3.63) is 0 Å². The van der Waals surface area contributed by atoms with Crippen LogP contribution in [0, 0.1) is 0 Å². The minimum absolute atomic E-state index is 0.281. The summed E-state index contributed by atoms with van der Waals surface area (Å²) in [5.74, 6) is 0. The van der Waals surface area contributed by atoms with Crippen molar-refractivity contribution >= 4 is 7.14 Å². The zero-order valence-corrected chi connectivity index (χ0v) is 6.33. The lowest BCUT2D eigenvalue weighted by atomic mass is 11.4. The fourth-order valence-corrected chi connectivity index (χ4v) is 1.00. The highest BCUT2D eigenvalue weighted by atomic mass is 31.2. The minimum Gasteiger partial charge on any atom is -0.388 e. The van der Waals surface area contributed by atoms with Crippen LogP contribution in [0.5, 0.6) is 0 Å². The smallest absolute Gasteiger partial charge is 0.160 e. The van der Waals surface area contributed by atoms with E-state index in [0.29, 0.717) is 0 Å². The van der Waals surface area contributed by atoms with E-state index in [0.717, 1.165) is 0 Å². The third kappa shape index (κ3) is 3.29. The molecule has 0 fully saturated rings. The number of ether oxygens (including phenoxy) is 1. The van der Waals surface area contributed by atoms with Crippen molar-refractivity contribution in [1.29, 1.82) is 0 Å². The minimum atomic E-state index is -2.97. The molecule has 0 aromatic rings. The molecule has 62 valence electrons. The van der Waals surface area contributed by atoms with Crippen molar-refractivity contribution in [3.8, 4) is 0 Å². The molecule has 0 saturated heterocycles. The van der Waals surface area contributed by atoms with E-state index in [1.54, 1.807) is 0 Å². The first-order valence-corrected chi connectivity index (χ1v) is 4.92. The molecule has 0 atom stereocenters. The number of aliphatic hydroxyl groups is 3. The van der Waals surface area contributed by atoms with Crippen LogP contribution < -0.4 is 0 Å². The predicted octanol–water partition coefficient (Wildman–Crippen LogP) is -0.827. The molecule has 0 aromatic carbocycles. The Morgan fingerprint density at radius 2 is 1.70 bits per heavy atom. The Hall–Kier alpha value is 0.0700. The van der Waals surface area contributed by atoms with Crippen LogP contribution in [0.2, 0.25) is 0 Å². The van der Waals surface area contributed by atoms with Gasteiger partial charge < -0.3 is 24.6 Å². The van der Waals surface area contributed by atoms with Gasteiger partial charge in [0.05, 0.1) is 0 Å². The zero-order chi connectivity index (χ0) is 8.04. The molecule has 0 rings (SSSR count). The molecule has 5 nitrogen and oxygen atoms in total. The molecule has 10 heavy (non-hydrogen) atoms. The second kappa shape index (κ2) is 4.82. The summed E-state index contributed by atoms with van der Waals surface area (Å²) in [6.07, 6.45) is -1.47. The van der Waals surface area contributed by atoms with E-state index in [1.807, 2.05) is 0 Å². The maximum atomic E-state index is 11.0. The summed E-state index contributed by atoms with van der Waals surface area (Å²) in [6, 6.07) is 0. The molecule has 0 aliphatic carbocycles. The summed E-state index contributed by atoms with van der Waals surface area (Å²) >= 11 is 0. The van der Waals surface area contributed by atoms with E-state index in [2.05, 4.69) is 4.74 Å². The zero-order valence-electron chi connectivity index (χ0n) is 5.43. The first-order valence-electron chi connectivity index (χ1n) is 2.66. The van der Waals surface area contributed by atoms with Crippen LogP contribution >= 0.6 is 7.14 Å². The molecule has 6 heteroatoms. The topological polar surface area (TPSA) is 87.0 Å². The van der Waals surface area contributed by atoms with Crippen molar-refractivity contribution in [2.75, 3.05) is 25.8 Å². The van der Waals surface area contributed by atoms with E-state index in [4.69, 9.17) is 15.3 Å². The van der Waals surface area contributed by atoms with Crippen molar-refractivity contribution in [3.63, 3.8) is 0 Å². The van der Waals surface area contributed by atoms with Gasteiger partial charge in [-0.2, -0.15) is 0 Å². The van der Waals surface area contributed by atoms with Gasteiger partial charge in [0.25, 0.3) is 0 Å². The summed E-state index contributed by atoms with van der Waals surface area (Å²) in [5.41, 5.74) is 0. The average Bonchev–Trinajstić information content (AvgIpc) is 2.00. The Kier molecular flexibility index (Phi) is 4.85. The van der Waals surface area contributed by atoms with Crippen LogP contribution in [-0.2, 0) is 9.30 Å². The van der Waals surface area contributed by atoms with Crippen molar-refractivity contribution in [1.82, 2.24) is 0 Å². The number of rotatable bonds is 5. The number of hydrogen-bond acceptors (Lipinski definition) is 5. The average molecular weight is 170 g/mol. The summed E-state index contributed by atoms with van der Waals surface area (Å²) in [7, 11) is -2.97. The summed E-state index contributed by atoms with van der Waals surface area (Å²) in [4.78, 5) is 0. The number of aliphatic hydroxyl groups excluding tert-OH is 3. The second-order valence-electron chi connectivity index (χ2n) is 1.80. The van der Waals surface area contributed by atoms with Crippen molar-refractivity contribution < 1.29 is 24.6 Å². The molecule has 3 N–H and O–H groups in total. The van der Waals surface area contributed by atoms with Gasteiger partial charge in [-0.05, 0) is 0 Å². The number of hydrogen-bond donors (Lipinski definition) is 3. The van der Waals surface area contributed by atoms with Gasteiger partial charge in [0, 0.05) is 0 Å². The lowest BCUT2D eigenvalue weighted by Gasteiger charge is -2.10. The predicted molar refractivity (Wildman–Crippen MR) is 34.8 cm³/mol. The Morgan fingerprint density at radius 3 is 2.00 bits per heavy atom. The highest BCUT2D eigenvalue weighted by molar-refractivity contribution is 7.63. The molecule has 0 saturated carbocycles. The van der Waals surface area contributed by atoms with Gasteiger partial charge in [0.1, 0.15) is 25.8 Å². The monoisotopic (exact) mass is 170 g/mol. The highest BCUT2D eigenvalue weighted by Gasteiger charge is 2.19. The van der Waals surface area contributed by atoms with Crippen LogP contribution in [0.1, 0.15) is 0 Å². The molecule has 0 unspecified atom stereocenters. The highest BCUT2D eigenvalue weighted by Crippen LogP contribution is 2.42. The molecular weight excluding hydrogens is 159 g/mol. The van der Waals surface area contributed by atoms with Crippen molar-refractivity contribution in [2.45, 2.75) is 0 Å². The fourth-order valence-electron chi connectivity index (χ4n) is 0.334. The Balaban J connectivity index is 3.70. The molecule has 0 aliphatic rings. The summed E-state index contributed by atoms with van der Waals surface area (Å²) < 4.78 is 15.3. The SMILES string of the molecule is O=P(CO)(CO)COCO. The lowest BCUT2D eigenvalue weighted by Crippen LogP contribution is -2.03. The largest absolute Gasteiger partial charge is 0.388 e. The molecule has 0 bridgehead atoms. The van der Waals surface area contributed by atoms with Gasteiger partial charge >= 0.3 is 0 Å². The van der Waals surface area contributed by atoms with Crippen LogP contribution in [0.4, 0.5) is 0 Å². The van der Waals surface area contributed by atoms with Gasteiger partial charge in [0.15, 0.2) is 7.14 Å². The molecule has 0 aliphatic heterocycles. The Labute approximate surface area is 58.6 Å². The molecule has 0 aromatic heterocycles. The molecule has 0 amide bonds. The Bertz CT molecular complexity index is 117. The van der Waals surface area contributed by atoms with E-state index in [9.17, 15) is 4.57 Å². The first-order chi connectivity index (χ1) is 4.68. The van der Waals surface area contributed by atoms with Gasteiger partial charge in [0.2, 0.25) is 0 Å². The van der Waals surface area contributed by atoms with Gasteiger partial charge in [-0.25, -0.2) is 0 Å². The third-order valence-corrected chi connectivity index (χ3v) is 2.62. The van der Waals surface area contributed by atoms with E-state index in [-0.39, 0.29) is 6.35 Å². The van der Waals surface area contributed by atoms with Crippen LogP contribution in [0.25, 0.3) is 0 Å². The first kappa shape index (κ1) is 10.1. The second-order valence-corrected chi connectivity index (χ2v) is 4.74. The lowest BCUT2D eigenvalue weighted by molar-refractivity contribution is 0.0196. The molecule has 0 radical (unpaired) electrons. The molecular formula is C4H11O5P. The van der Waals surface area contributed by atoms with Gasteiger partial charge in [-0.15, -0.1) is 0 Å². The van der Waals surface area contributed by atoms with E-state index in [1.165, 1.54) is 0 Å². The Morgan fingerprint density at radius 1 is 1.20 bits per heavy atom. The van der Waals surface area contributed by atoms with Crippen LogP contribution in [0.15, 0.2) is 0 Å². The van der Waals surface area contributed by atoms with Gasteiger partial charge in [-0.3, -0.25) is 0 Å². The van der Waals surface area contributed by atoms with E-state index < -0.39 is 26.6 Å². The van der Waals surface area contributed by atoms with Crippen LogP contribution in [-0.4, -0.2) is 41.2 Å². The normalized spacial score (nSPS) is 11.9. The third-order valence-electron chi connectivity index (χ3n) is 0.933. The maximum absolute atomic E-state index is 11.0. The van der Waals surface area contributed by atoms with Crippen molar-refractivity contribution in [2.24, 2.45) is 0 Å². The molecule has 0 spiro atoms. The van der Waals surface area contributed by atoms with Gasteiger partial charge in [-0.1, -0.05) is 0 Å². The fraction of sp³-hybridized carbons (Fsp3) is 1.00. The molecule has 0 heterocycles. The summed E-state index contributed by atoms with van der Waals surface area (Å²) in [5, 5.41) is 25.0. The summed E-state index contributed by atoms with van der Waals surface area (Å²) in [6.45, 7) is -0.552. The maximum Gasteiger partial charge on any atom is 0.160 e. The quantitative estimate of drug-likeness (QED) is 0.370. The van der Waals surface area contributed by atoms with E-state index >= 15 is 0 Å². The van der Waals surface area contributed by atoms with Crippen LogP contribution in [0.3, 0.4) is 0 Å². The standard InChI is InChI=1S/C4H11O5P/c5-1-9-4-10(8,2-6)3-7/h5-7H,1-4H2.